The molecular weight excluding hydrogens is 330 g/mol. The summed E-state index contributed by atoms with van der Waals surface area (Å²) in [7, 11) is 1.59. The number of hydrogen-bond donors (Lipinski definition) is 2. The van der Waals surface area contributed by atoms with Crippen molar-refractivity contribution in [1.82, 2.24) is 5.43 Å². The second-order valence-electron chi connectivity index (χ2n) is 5.57. The molecule has 3 rings (SSSR count). The molecule has 0 saturated carbocycles. The van der Waals surface area contributed by atoms with Gasteiger partial charge in [-0.1, -0.05) is 42.5 Å². The standard InChI is InChI=1S/C20H19N3O3/c1-25-18-10-9-14(12-22-23-20(21)24)11-19(18)26-13-16-7-4-6-15-5-2-3-8-17(15)16/h2-12H,13H2,1H3,(H3,21,23,24)/b22-12-. The Morgan fingerprint density at radius 1 is 1.12 bits per heavy atom. The first-order chi connectivity index (χ1) is 12.7. The van der Waals surface area contributed by atoms with Gasteiger partial charge >= 0.3 is 6.03 Å². The number of hydrogen-bond acceptors (Lipinski definition) is 4. The third-order valence-electron chi connectivity index (χ3n) is 3.84. The van der Waals surface area contributed by atoms with Crippen molar-refractivity contribution >= 4 is 23.0 Å². The Bertz CT molecular complexity index is 949. The molecular formula is C20H19N3O3. The van der Waals surface area contributed by atoms with E-state index in [4.69, 9.17) is 15.2 Å². The van der Waals surface area contributed by atoms with Crippen LogP contribution in [0.5, 0.6) is 11.5 Å². The molecule has 26 heavy (non-hydrogen) atoms. The van der Waals surface area contributed by atoms with Crippen LogP contribution < -0.4 is 20.6 Å². The number of methoxy groups -OCH3 is 1. The van der Waals surface area contributed by atoms with Crippen LogP contribution >= 0.6 is 0 Å². The van der Waals surface area contributed by atoms with Crippen molar-refractivity contribution in [2.24, 2.45) is 10.8 Å². The first-order valence-corrected chi connectivity index (χ1v) is 8.03. The van der Waals surface area contributed by atoms with Gasteiger partial charge in [0.25, 0.3) is 0 Å². The minimum atomic E-state index is -0.720. The van der Waals surface area contributed by atoms with Crippen LogP contribution in [0.25, 0.3) is 10.8 Å². The molecule has 0 unspecified atom stereocenters. The summed E-state index contributed by atoms with van der Waals surface area (Å²) in [5.74, 6) is 1.20. The van der Waals surface area contributed by atoms with Crippen LogP contribution in [-0.2, 0) is 6.61 Å². The number of urea groups is 1. The zero-order chi connectivity index (χ0) is 18.4. The summed E-state index contributed by atoms with van der Waals surface area (Å²) in [6.45, 7) is 0.401. The van der Waals surface area contributed by atoms with Crippen molar-refractivity contribution in [1.29, 1.82) is 0 Å². The maximum Gasteiger partial charge on any atom is 0.332 e. The summed E-state index contributed by atoms with van der Waals surface area (Å²) < 4.78 is 11.4. The molecule has 0 aliphatic carbocycles. The fourth-order valence-corrected chi connectivity index (χ4v) is 2.63. The number of benzene rings is 3. The molecule has 0 aliphatic heterocycles. The highest BCUT2D eigenvalue weighted by atomic mass is 16.5. The summed E-state index contributed by atoms with van der Waals surface area (Å²) in [5, 5.41) is 6.07. The number of hydrazone groups is 1. The Balaban J connectivity index is 1.81. The lowest BCUT2D eigenvalue weighted by Crippen LogP contribution is -2.24. The van der Waals surface area contributed by atoms with E-state index in [1.807, 2.05) is 24.3 Å². The highest BCUT2D eigenvalue weighted by molar-refractivity contribution is 5.85. The van der Waals surface area contributed by atoms with E-state index < -0.39 is 6.03 Å². The number of primary amides is 1. The number of fused-ring (bicyclic) bond motifs is 1. The maximum atomic E-state index is 10.7. The Labute approximate surface area is 151 Å². The number of nitrogens with one attached hydrogen (secondary N) is 1. The molecule has 6 nitrogen and oxygen atoms in total. The number of carbonyl (C=O) groups excluding carboxylic acids is 1. The van der Waals surface area contributed by atoms with Gasteiger partial charge in [-0.25, -0.2) is 10.2 Å². The molecule has 6 heteroatoms. The lowest BCUT2D eigenvalue weighted by Gasteiger charge is -2.13. The Morgan fingerprint density at radius 3 is 2.73 bits per heavy atom. The lowest BCUT2D eigenvalue weighted by molar-refractivity contribution is 0.249. The summed E-state index contributed by atoms with van der Waals surface area (Å²) in [6, 6.07) is 18.9. The topological polar surface area (TPSA) is 85.9 Å². The molecule has 0 spiro atoms. The van der Waals surface area contributed by atoms with E-state index in [1.165, 1.54) is 11.6 Å². The Hall–Kier alpha value is -3.54. The Morgan fingerprint density at radius 2 is 1.92 bits per heavy atom. The number of amides is 2. The van der Waals surface area contributed by atoms with Crippen molar-refractivity contribution in [3.05, 3.63) is 71.8 Å². The highest BCUT2D eigenvalue weighted by Crippen LogP contribution is 2.29. The molecule has 2 amide bonds. The molecule has 0 aromatic heterocycles. The van der Waals surface area contributed by atoms with Gasteiger partial charge in [0.2, 0.25) is 0 Å². The first kappa shape index (κ1) is 17.3. The van der Waals surface area contributed by atoms with Gasteiger partial charge < -0.3 is 15.2 Å². The predicted octanol–water partition coefficient (Wildman–Crippen LogP) is 3.43. The second-order valence-corrected chi connectivity index (χ2v) is 5.57. The van der Waals surface area contributed by atoms with Crippen molar-refractivity contribution in [3.8, 4) is 11.5 Å². The van der Waals surface area contributed by atoms with E-state index in [0.29, 0.717) is 18.1 Å². The van der Waals surface area contributed by atoms with Crippen LogP contribution in [-0.4, -0.2) is 19.4 Å². The molecule has 0 bridgehead atoms. The van der Waals surface area contributed by atoms with Gasteiger partial charge in [-0.05, 0) is 40.1 Å². The van der Waals surface area contributed by atoms with Crippen molar-refractivity contribution in [3.63, 3.8) is 0 Å². The van der Waals surface area contributed by atoms with Crippen LogP contribution in [0.1, 0.15) is 11.1 Å². The zero-order valence-electron chi connectivity index (χ0n) is 14.3. The van der Waals surface area contributed by atoms with Crippen LogP contribution in [0.15, 0.2) is 65.8 Å². The maximum absolute atomic E-state index is 10.7. The molecule has 0 radical (unpaired) electrons. The minimum Gasteiger partial charge on any atom is -0.493 e. The van der Waals surface area contributed by atoms with Crippen LogP contribution in [0.2, 0.25) is 0 Å². The van der Waals surface area contributed by atoms with Gasteiger partial charge in [-0.2, -0.15) is 5.10 Å². The summed E-state index contributed by atoms with van der Waals surface area (Å²) in [6.07, 6.45) is 1.48. The van der Waals surface area contributed by atoms with E-state index in [2.05, 4.69) is 28.7 Å². The molecule has 0 aliphatic rings. The average Bonchev–Trinajstić information content (AvgIpc) is 2.66. The fourth-order valence-electron chi connectivity index (χ4n) is 2.63. The minimum absolute atomic E-state index is 0.401. The fraction of sp³-hybridized carbons (Fsp3) is 0.100. The van der Waals surface area contributed by atoms with Crippen molar-refractivity contribution in [2.45, 2.75) is 6.61 Å². The van der Waals surface area contributed by atoms with Gasteiger partial charge in [-0.15, -0.1) is 0 Å². The third-order valence-corrected chi connectivity index (χ3v) is 3.84. The van der Waals surface area contributed by atoms with Gasteiger partial charge in [-0.3, -0.25) is 0 Å². The quantitative estimate of drug-likeness (QED) is 0.528. The first-order valence-electron chi connectivity index (χ1n) is 8.03. The molecule has 3 N–H and O–H groups in total. The van der Waals surface area contributed by atoms with E-state index in [9.17, 15) is 4.79 Å². The largest absolute Gasteiger partial charge is 0.493 e. The Kier molecular flexibility index (Phi) is 5.34. The summed E-state index contributed by atoms with van der Waals surface area (Å²) >= 11 is 0. The zero-order valence-corrected chi connectivity index (χ0v) is 14.3. The predicted molar refractivity (Wildman–Crippen MR) is 102 cm³/mol. The van der Waals surface area contributed by atoms with Crippen LogP contribution in [0.3, 0.4) is 0 Å². The van der Waals surface area contributed by atoms with Crippen molar-refractivity contribution < 1.29 is 14.3 Å². The average molecular weight is 349 g/mol. The monoisotopic (exact) mass is 349 g/mol. The summed E-state index contributed by atoms with van der Waals surface area (Å²) in [4.78, 5) is 10.7. The van der Waals surface area contributed by atoms with E-state index >= 15 is 0 Å². The van der Waals surface area contributed by atoms with E-state index in [0.717, 1.165) is 16.5 Å². The normalized spacial score (nSPS) is 10.8. The van der Waals surface area contributed by atoms with Gasteiger partial charge in [0, 0.05) is 0 Å². The number of nitrogens with zero attached hydrogens (tertiary/aromatic N) is 1. The smallest absolute Gasteiger partial charge is 0.332 e. The summed E-state index contributed by atoms with van der Waals surface area (Å²) in [5.41, 5.74) is 8.96. The van der Waals surface area contributed by atoms with E-state index in [1.54, 1.807) is 25.3 Å². The molecule has 3 aromatic rings. The highest BCUT2D eigenvalue weighted by Gasteiger charge is 2.07. The van der Waals surface area contributed by atoms with Gasteiger partial charge in [0.1, 0.15) is 6.61 Å². The van der Waals surface area contributed by atoms with E-state index in [-0.39, 0.29) is 0 Å². The number of rotatable bonds is 6. The third kappa shape index (κ3) is 4.10. The van der Waals surface area contributed by atoms with Crippen LogP contribution in [0, 0.1) is 0 Å². The number of nitrogens with two attached hydrogens (primary N) is 1. The van der Waals surface area contributed by atoms with Crippen molar-refractivity contribution in [2.75, 3.05) is 7.11 Å². The second kappa shape index (κ2) is 8.02. The molecule has 0 atom stereocenters. The lowest BCUT2D eigenvalue weighted by atomic mass is 10.1. The molecule has 0 fully saturated rings. The molecule has 0 heterocycles. The molecule has 3 aromatic carbocycles. The molecule has 0 saturated heterocycles. The van der Waals surface area contributed by atoms with Gasteiger partial charge in [0.15, 0.2) is 11.5 Å². The van der Waals surface area contributed by atoms with Crippen LogP contribution in [0.4, 0.5) is 4.79 Å². The SMILES string of the molecule is COc1ccc(/C=N\NC(N)=O)cc1OCc1cccc2ccccc12. The van der Waals surface area contributed by atoms with Gasteiger partial charge in [0.05, 0.1) is 13.3 Å². The number of ether oxygens (including phenoxy) is 2. The number of carbonyl (C=O) groups is 1. The molecule has 132 valence electrons.